The number of nitrogens with one attached hydrogen (secondary N) is 1. The largest absolute Gasteiger partial charge is 0.340 e. The maximum Gasteiger partial charge on any atom is 0.255 e. The topological polar surface area (TPSA) is 52.7 Å². The lowest BCUT2D eigenvalue weighted by atomic mass is 9.81. The average Bonchev–Trinajstić information content (AvgIpc) is 2.85. The quantitative estimate of drug-likeness (QED) is 0.692. The van der Waals surface area contributed by atoms with Gasteiger partial charge in [-0.15, -0.1) is 12.4 Å². The standard InChI is InChI=1S/C13H21F4N3O2.ClH/c1-19(6-9(14)15)11(21)5-13(3-4-18-8-13)12(22)20(2)7-10(16)17;/h9-10,18H,3-8H2,1-2H3;1H. The van der Waals surface area contributed by atoms with E-state index in [1.165, 1.54) is 14.1 Å². The molecule has 1 rings (SSSR count). The average molecular weight is 364 g/mol. The van der Waals surface area contributed by atoms with Crippen LogP contribution in [0.5, 0.6) is 0 Å². The van der Waals surface area contributed by atoms with Gasteiger partial charge >= 0.3 is 0 Å². The van der Waals surface area contributed by atoms with Crippen LogP contribution in [0.2, 0.25) is 0 Å². The van der Waals surface area contributed by atoms with Crippen LogP contribution in [0.25, 0.3) is 0 Å². The number of hydrogen-bond acceptors (Lipinski definition) is 3. The Morgan fingerprint density at radius 2 is 1.61 bits per heavy atom. The maximum absolute atomic E-state index is 12.4. The molecule has 1 atom stereocenters. The molecule has 1 aliphatic rings. The molecule has 0 aliphatic carbocycles. The van der Waals surface area contributed by atoms with Crippen LogP contribution in [0.4, 0.5) is 17.6 Å². The molecule has 0 aromatic rings. The second kappa shape index (κ2) is 9.27. The summed E-state index contributed by atoms with van der Waals surface area (Å²) in [5, 5.41) is 2.93. The van der Waals surface area contributed by atoms with Gasteiger partial charge in [0.15, 0.2) is 0 Å². The molecule has 10 heteroatoms. The smallest absolute Gasteiger partial charge is 0.255 e. The highest BCUT2D eigenvalue weighted by molar-refractivity contribution is 5.89. The van der Waals surface area contributed by atoms with Crippen molar-refractivity contribution in [1.82, 2.24) is 15.1 Å². The predicted octanol–water partition coefficient (Wildman–Crippen LogP) is 1.22. The molecule has 1 aliphatic heterocycles. The van der Waals surface area contributed by atoms with Crippen LogP contribution in [-0.4, -0.2) is 74.7 Å². The monoisotopic (exact) mass is 363 g/mol. The molecule has 0 bridgehead atoms. The number of rotatable bonds is 7. The second-order valence-corrected chi connectivity index (χ2v) is 5.63. The van der Waals surface area contributed by atoms with Crippen LogP contribution in [0.3, 0.4) is 0 Å². The summed E-state index contributed by atoms with van der Waals surface area (Å²) in [6.07, 6.45) is -5.29. The first-order chi connectivity index (χ1) is 10.2. The Labute approximate surface area is 138 Å². The van der Waals surface area contributed by atoms with Gasteiger partial charge in [-0.2, -0.15) is 0 Å². The molecule has 0 aromatic heterocycles. The Kier molecular flexibility index (Phi) is 8.83. The molecule has 1 saturated heterocycles. The van der Waals surface area contributed by atoms with Gasteiger partial charge in [0.25, 0.3) is 12.9 Å². The van der Waals surface area contributed by atoms with Gasteiger partial charge in [0.05, 0.1) is 18.5 Å². The third kappa shape index (κ3) is 6.14. The number of amides is 2. The van der Waals surface area contributed by atoms with Crippen molar-refractivity contribution >= 4 is 24.2 Å². The van der Waals surface area contributed by atoms with Crippen LogP contribution in [0.1, 0.15) is 12.8 Å². The molecule has 0 radical (unpaired) electrons. The van der Waals surface area contributed by atoms with Gasteiger partial charge in [-0.1, -0.05) is 0 Å². The number of carbonyl (C=O) groups excluding carboxylic acids is 2. The molecule has 0 saturated carbocycles. The summed E-state index contributed by atoms with van der Waals surface area (Å²) < 4.78 is 49.5. The van der Waals surface area contributed by atoms with Crippen molar-refractivity contribution < 1.29 is 27.2 Å². The van der Waals surface area contributed by atoms with E-state index in [1.807, 2.05) is 0 Å². The maximum atomic E-state index is 12.4. The van der Waals surface area contributed by atoms with Crippen molar-refractivity contribution in [3.63, 3.8) is 0 Å². The van der Waals surface area contributed by atoms with E-state index in [-0.39, 0.29) is 25.4 Å². The van der Waals surface area contributed by atoms with Crippen LogP contribution >= 0.6 is 12.4 Å². The summed E-state index contributed by atoms with van der Waals surface area (Å²) in [4.78, 5) is 26.2. The molecule has 0 aromatic carbocycles. The van der Waals surface area contributed by atoms with Crippen molar-refractivity contribution in [3.8, 4) is 0 Å². The van der Waals surface area contributed by atoms with Crippen molar-refractivity contribution in [3.05, 3.63) is 0 Å². The van der Waals surface area contributed by atoms with E-state index in [1.54, 1.807) is 0 Å². The lowest BCUT2D eigenvalue weighted by Gasteiger charge is -2.32. The Bertz CT molecular complexity index is 407. The summed E-state index contributed by atoms with van der Waals surface area (Å²) in [7, 11) is 2.49. The van der Waals surface area contributed by atoms with Crippen molar-refractivity contribution in [2.45, 2.75) is 25.7 Å². The molecule has 136 valence electrons. The SMILES string of the molecule is CN(CC(F)F)C(=O)CC1(C(=O)N(C)CC(F)F)CCNC1.Cl. The van der Waals surface area contributed by atoms with Crippen molar-refractivity contribution in [2.24, 2.45) is 5.41 Å². The normalized spacial score (nSPS) is 20.5. The van der Waals surface area contributed by atoms with Crippen LogP contribution in [0.15, 0.2) is 0 Å². The van der Waals surface area contributed by atoms with E-state index in [2.05, 4.69) is 5.32 Å². The number of alkyl halides is 4. The molecular formula is C13H22ClF4N3O2. The van der Waals surface area contributed by atoms with Gasteiger partial charge in [-0.3, -0.25) is 9.59 Å². The number of nitrogens with zero attached hydrogens (tertiary/aromatic N) is 2. The zero-order valence-corrected chi connectivity index (χ0v) is 13.8. The molecule has 1 fully saturated rings. The Morgan fingerprint density at radius 1 is 1.09 bits per heavy atom. The van der Waals surface area contributed by atoms with Crippen LogP contribution < -0.4 is 5.32 Å². The number of halogens is 5. The summed E-state index contributed by atoms with van der Waals surface area (Å²) in [5.41, 5.74) is -1.14. The lowest BCUT2D eigenvalue weighted by molar-refractivity contribution is -0.147. The molecule has 1 unspecified atom stereocenters. The summed E-state index contributed by atoms with van der Waals surface area (Å²) in [6.45, 7) is -0.793. The van der Waals surface area contributed by atoms with Gasteiger partial charge in [-0.05, 0) is 13.0 Å². The number of hydrogen-bond donors (Lipinski definition) is 1. The minimum atomic E-state index is -2.67. The molecule has 5 nitrogen and oxygen atoms in total. The highest BCUT2D eigenvalue weighted by atomic mass is 35.5. The third-order valence-electron chi connectivity index (χ3n) is 3.78. The molecule has 23 heavy (non-hydrogen) atoms. The van der Waals surface area contributed by atoms with E-state index in [0.717, 1.165) is 9.80 Å². The molecule has 1 heterocycles. The third-order valence-corrected chi connectivity index (χ3v) is 3.78. The minimum absolute atomic E-state index is 0. The highest BCUT2D eigenvalue weighted by Crippen LogP contribution is 2.32. The Morgan fingerprint density at radius 3 is 2.04 bits per heavy atom. The van der Waals surface area contributed by atoms with Gasteiger partial charge in [0.1, 0.15) is 0 Å². The molecule has 1 N–H and O–H groups in total. The summed E-state index contributed by atoms with van der Waals surface area (Å²) in [6, 6.07) is 0. The minimum Gasteiger partial charge on any atom is -0.340 e. The highest BCUT2D eigenvalue weighted by Gasteiger charge is 2.45. The first-order valence-corrected chi connectivity index (χ1v) is 6.94. The fourth-order valence-corrected chi connectivity index (χ4v) is 2.58. The molecular weight excluding hydrogens is 342 g/mol. The first kappa shape index (κ1) is 21.9. The summed E-state index contributed by atoms with van der Waals surface area (Å²) in [5.74, 6) is -1.15. The fourth-order valence-electron chi connectivity index (χ4n) is 2.58. The number of carbonyl (C=O) groups is 2. The van der Waals surface area contributed by atoms with Gasteiger partial charge in [0.2, 0.25) is 11.8 Å². The molecule has 2 amide bonds. The van der Waals surface area contributed by atoms with E-state index >= 15 is 0 Å². The lowest BCUT2D eigenvalue weighted by Crippen LogP contribution is -2.48. The Balaban J connectivity index is 0.00000484. The summed E-state index contributed by atoms with van der Waals surface area (Å²) >= 11 is 0. The Hall–Kier alpha value is -1.09. The van der Waals surface area contributed by atoms with Gasteiger partial charge < -0.3 is 15.1 Å². The van der Waals surface area contributed by atoms with Gasteiger partial charge in [-0.25, -0.2) is 17.6 Å². The van der Waals surface area contributed by atoms with E-state index in [4.69, 9.17) is 0 Å². The predicted molar refractivity (Wildman–Crippen MR) is 79.1 cm³/mol. The van der Waals surface area contributed by atoms with E-state index in [9.17, 15) is 27.2 Å². The second-order valence-electron chi connectivity index (χ2n) is 5.63. The van der Waals surface area contributed by atoms with Crippen LogP contribution in [0, 0.1) is 5.41 Å². The zero-order chi connectivity index (χ0) is 16.9. The van der Waals surface area contributed by atoms with Gasteiger partial charge in [0, 0.05) is 27.1 Å². The van der Waals surface area contributed by atoms with Crippen molar-refractivity contribution in [1.29, 1.82) is 0 Å². The van der Waals surface area contributed by atoms with E-state index in [0.29, 0.717) is 13.0 Å². The van der Waals surface area contributed by atoms with Crippen molar-refractivity contribution in [2.75, 3.05) is 40.3 Å². The van der Waals surface area contributed by atoms with E-state index < -0.39 is 43.2 Å². The van der Waals surface area contributed by atoms with Crippen LogP contribution in [-0.2, 0) is 9.59 Å². The zero-order valence-electron chi connectivity index (χ0n) is 13.0. The first-order valence-electron chi connectivity index (χ1n) is 6.94. The molecule has 0 spiro atoms. The fraction of sp³-hybridized carbons (Fsp3) is 0.846.